The first-order valence-corrected chi connectivity index (χ1v) is 9.01. The van der Waals surface area contributed by atoms with E-state index in [0.29, 0.717) is 12.1 Å². The number of fused-ring (bicyclic) bond motifs is 1. The van der Waals surface area contributed by atoms with Gasteiger partial charge in [-0.3, -0.25) is 10.0 Å². The summed E-state index contributed by atoms with van der Waals surface area (Å²) in [5.41, 5.74) is 6.75. The quantitative estimate of drug-likeness (QED) is 0.553. The summed E-state index contributed by atoms with van der Waals surface area (Å²) < 4.78 is 2.12. The number of hydrogen-bond donors (Lipinski definition) is 2. The zero-order valence-electron chi connectivity index (χ0n) is 15.2. The SMILES string of the molecule is CN1CC=C(c2ccnc3c2ccn3Cc2ccc(C(=O)NO)cc2)CC1. The van der Waals surface area contributed by atoms with Crippen molar-refractivity contribution < 1.29 is 10.0 Å². The Hall–Kier alpha value is -2.96. The molecule has 0 fully saturated rings. The molecule has 2 aromatic heterocycles. The third-order valence-corrected chi connectivity index (χ3v) is 5.09. The van der Waals surface area contributed by atoms with Gasteiger partial charge in [0.25, 0.3) is 5.91 Å². The molecule has 0 spiro atoms. The van der Waals surface area contributed by atoms with E-state index in [1.54, 1.807) is 17.6 Å². The van der Waals surface area contributed by atoms with Crippen molar-refractivity contribution in [1.29, 1.82) is 0 Å². The molecule has 0 saturated carbocycles. The highest BCUT2D eigenvalue weighted by Crippen LogP contribution is 2.29. The highest BCUT2D eigenvalue weighted by atomic mass is 16.5. The average molecular weight is 362 g/mol. The van der Waals surface area contributed by atoms with E-state index in [9.17, 15) is 4.79 Å². The summed E-state index contributed by atoms with van der Waals surface area (Å²) in [5.74, 6) is -0.509. The first-order chi connectivity index (χ1) is 13.2. The van der Waals surface area contributed by atoms with E-state index in [1.807, 2.05) is 18.3 Å². The Kier molecular flexibility index (Phi) is 4.75. The number of pyridine rings is 1. The molecule has 0 bridgehead atoms. The Morgan fingerprint density at radius 2 is 2.04 bits per heavy atom. The van der Waals surface area contributed by atoms with Crippen LogP contribution in [0, 0.1) is 0 Å². The molecule has 1 amide bonds. The molecule has 138 valence electrons. The summed E-state index contributed by atoms with van der Waals surface area (Å²) in [6.45, 7) is 2.72. The molecule has 0 saturated heterocycles. The largest absolute Gasteiger partial charge is 0.328 e. The number of rotatable bonds is 4. The monoisotopic (exact) mass is 362 g/mol. The molecule has 3 heterocycles. The normalized spacial score (nSPS) is 15.0. The predicted molar refractivity (Wildman–Crippen MR) is 105 cm³/mol. The van der Waals surface area contributed by atoms with Gasteiger partial charge in [0.1, 0.15) is 5.65 Å². The minimum Gasteiger partial charge on any atom is -0.328 e. The van der Waals surface area contributed by atoms with Gasteiger partial charge in [0.05, 0.1) is 0 Å². The lowest BCUT2D eigenvalue weighted by Crippen LogP contribution is -2.23. The van der Waals surface area contributed by atoms with Gasteiger partial charge in [-0.15, -0.1) is 0 Å². The lowest BCUT2D eigenvalue weighted by atomic mass is 9.98. The number of likely N-dealkylation sites (N-methyl/N-ethyl adjacent to an activating group) is 1. The van der Waals surface area contributed by atoms with Gasteiger partial charge in [0, 0.05) is 43.0 Å². The molecule has 0 aliphatic carbocycles. The van der Waals surface area contributed by atoms with Crippen LogP contribution in [0.3, 0.4) is 0 Å². The van der Waals surface area contributed by atoms with Crippen LogP contribution < -0.4 is 5.48 Å². The smallest absolute Gasteiger partial charge is 0.274 e. The number of nitrogens with one attached hydrogen (secondary N) is 1. The minimum atomic E-state index is -0.509. The van der Waals surface area contributed by atoms with Crippen LogP contribution in [0.25, 0.3) is 16.6 Å². The van der Waals surface area contributed by atoms with E-state index >= 15 is 0 Å². The summed E-state index contributed by atoms with van der Waals surface area (Å²) in [4.78, 5) is 18.3. The Bertz CT molecular complexity index is 1000. The van der Waals surface area contributed by atoms with Gasteiger partial charge in [-0.2, -0.15) is 0 Å². The number of carbonyl (C=O) groups is 1. The molecular formula is C21H22N4O2. The lowest BCUT2D eigenvalue weighted by molar-refractivity contribution is 0.0706. The van der Waals surface area contributed by atoms with Crippen molar-refractivity contribution in [3.05, 3.63) is 71.6 Å². The molecule has 3 aromatic rings. The molecule has 6 nitrogen and oxygen atoms in total. The Balaban J connectivity index is 1.62. The van der Waals surface area contributed by atoms with Crippen LogP contribution in [0.1, 0.15) is 27.9 Å². The van der Waals surface area contributed by atoms with Crippen LogP contribution in [0.2, 0.25) is 0 Å². The lowest BCUT2D eigenvalue weighted by Gasteiger charge is -2.22. The number of aromatic nitrogens is 2. The Labute approximate surface area is 157 Å². The number of nitrogens with zero attached hydrogens (tertiary/aromatic N) is 3. The zero-order valence-corrected chi connectivity index (χ0v) is 15.2. The molecule has 2 N–H and O–H groups in total. The maximum Gasteiger partial charge on any atom is 0.274 e. The van der Waals surface area contributed by atoms with Crippen molar-refractivity contribution >= 4 is 22.5 Å². The molecule has 1 aromatic carbocycles. The predicted octanol–water partition coefficient (Wildman–Crippen LogP) is 2.92. The van der Waals surface area contributed by atoms with Crippen molar-refractivity contribution in [2.24, 2.45) is 0 Å². The van der Waals surface area contributed by atoms with Crippen LogP contribution in [0.15, 0.2) is 54.9 Å². The van der Waals surface area contributed by atoms with Gasteiger partial charge in [-0.05, 0) is 54.4 Å². The molecule has 0 atom stereocenters. The highest BCUT2D eigenvalue weighted by molar-refractivity contribution is 5.93. The summed E-state index contributed by atoms with van der Waals surface area (Å²) in [6.07, 6.45) is 7.29. The maximum atomic E-state index is 11.4. The van der Waals surface area contributed by atoms with E-state index in [-0.39, 0.29) is 0 Å². The molecule has 1 aliphatic rings. The third kappa shape index (κ3) is 3.49. The second kappa shape index (κ2) is 7.34. The Morgan fingerprint density at radius 3 is 2.74 bits per heavy atom. The van der Waals surface area contributed by atoms with Crippen LogP contribution >= 0.6 is 0 Å². The molecule has 6 heteroatoms. The second-order valence-electron chi connectivity index (χ2n) is 6.92. The minimum absolute atomic E-state index is 0.424. The first kappa shape index (κ1) is 17.5. The first-order valence-electron chi connectivity index (χ1n) is 9.01. The van der Waals surface area contributed by atoms with Crippen molar-refractivity contribution in [1.82, 2.24) is 19.9 Å². The fourth-order valence-corrected chi connectivity index (χ4v) is 3.54. The average Bonchev–Trinajstić information content (AvgIpc) is 3.11. The standard InChI is InChI=1S/C21H22N4O2/c1-24-11-7-16(8-12-24)18-6-10-22-20-19(18)9-13-25(20)14-15-2-4-17(5-3-15)21(26)23-27/h2-7,9-10,13,27H,8,11-12,14H2,1H3,(H,23,26). The van der Waals surface area contributed by atoms with Gasteiger partial charge in [-0.1, -0.05) is 18.2 Å². The van der Waals surface area contributed by atoms with E-state index in [2.05, 4.69) is 45.9 Å². The van der Waals surface area contributed by atoms with Crippen LogP contribution in [-0.2, 0) is 6.54 Å². The molecule has 1 aliphatic heterocycles. The van der Waals surface area contributed by atoms with Crippen molar-refractivity contribution in [3.63, 3.8) is 0 Å². The highest BCUT2D eigenvalue weighted by Gasteiger charge is 2.14. The Morgan fingerprint density at radius 1 is 1.22 bits per heavy atom. The number of carbonyl (C=O) groups excluding carboxylic acids is 1. The van der Waals surface area contributed by atoms with E-state index in [1.165, 1.54) is 16.5 Å². The number of hydrogen-bond acceptors (Lipinski definition) is 4. The van der Waals surface area contributed by atoms with Crippen molar-refractivity contribution in [2.75, 3.05) is 20.1 Å². The third-order valence-electron chi connectivity index (χ3n) is 5.09. The van der Waals surface area contributed by atoms with Crippen molar-refractivity contribution in [2.45, 2.75) is 13.0 Å². The van der Waals surface area contributed by atoms with Gasteiger partial charge in [0.2, 0.25) is 0 Å². The number of benzene rings is 1. The summed E-state index contributed by atoms with van der Waals surface area (Å²) in [7, 11) is 2.14. The van der Waals surface area contributed by atoms with Gasteiger partial charge in [0.15, 0.2) is 0 Å². The van der Waals surface area contributed by atoms with Gasteiger partial charge in [-0.25, -0.2) is 10.5 Å². The van der Waals surface area contributed by atoms with E-state index in [0.717, 1.165) is 30.7 Å². The number of hydroxylamine groups is 1. The maximum absolute atomic E-state index is 11.4. The topological polar surface area (TPSA) is 70.4 Å². The zero-order chi connectivity index (χ0) is 18.8. The molecule has 27 heavy (non-hydrogen) atoms. The van der Waals surface area contributed by atoms with Crippen LogP contribution in [0.4, 0.5) is 0 Å². The molecule has 0 radical (unpaired) electrons. The van der Waals surface area contributed by atoms with Gasteiger partial charge >= 0.3 is 0 Å². The summed E-state index contributed by atoms with van der Waals surface area (Å²) in [5, 5.41) is 9.88. The molecule has 0 unspecified atom stereocenters. The second-order valence-corrected chi connectivity index (χ2v) is 6.92. The van der Waals surface area contributed by atoms with E-state index in [4.69, 9.17) is 5.21 Å². The summed E-state index contributed by atoms with van der Waals surface area (Å²) >= 11 is 0. The fourth-order valence-electron chi connectivity index (χ4n) is 3.54. The van der Waals surface area contributed by atoms with Crippen molar-refractivity contribution in [3.8, 4) is 0 Å². The fraction of sp³-hybridized carbons (Fsp3) is 0.238. The summed E-state index contributed by atoms with van der Waals surface area (Å²) in [6, 6.07) is 11.4. The molecular weight excluding hydrogens is 340 g/mol. The van der Waals surface area contributed by atoms with E-state index < -0.39 is 5.91 Å². The number of amides is 1. The van der Waals surface area contributed by atoms with Gasteiger partial charge < -0.3 is 9.47 Å². The molecule has 4 rings (SSSR count). The van der Waals surface area contributed by atoms with Crippen LogP contribution in [0.5, 0.6) is 0 Å². The van der Waals surface area contributed by atoms with Crippen LogP contribution in [-0.4, -0.2) is 45.7 Å².